The van der Waals surface area contributed by atoms with Crippen LogP contribution in [0, 0.1) is 0 Å². The Kier molecular flexibility index (Phi) is 4.31. The van der Waals surface area contributed by atoms with E-state index in [-0.39, 0.29) is 5.75 Å². The second-order valence-electron chi connectivity index (χ2n) is 4.57. The number of benzene rings is 1. The molecule has 106 valence electrons. The monoisotopic (exact) mass is 274 g/mol. The first kappa shape index (κ1) is 14.1. The molecule has 0 atom stereocenters. The number of ether oxygens (including phenoxy) is 1. The van der Waals surface area contributed by atoms with E-state index in [0.29, 0.717) is 12.6 Å². The van der Waals surface area contributed by atoms with Gasteiger partial charge in [0.2, 0.25) is 0 Å². The van der Waals surface area contributed by atoms with Gasteiger partial charge in [-0.3, -0.25) is 4.90 Å². The highest BCUT2D eigenvalue weighted by Gasteiger charge is 2.31. The molecule has 3 nitrogen and oxygen atoms in total. The molecule has 0 spiro atoms. The van der Waals surface area contributed by atoms with E-state index in [0.717, 1.165) is 25.2 Å². The molecule has 1 saturated heterocycles. The summed E-state index contributed by atoms with van der Waals surface area (Å²) < 4.78 is 40.4. The van der Waals surface area contributed by atoms with Crippen molar-refractivity contribution >= 4 is 0 Å². The van der Waals surface area contributed by atoms with E-state index < -0.39 is 6.36 Å². The molecule has 1 fully saturated rings. The summed E-state index contributed by atoms with van der Waals surface area (Å²) in [6.07, 6.45) is -4.64. The maximum Gasteiger partial charge on any atom is 0.573 e. The molecule has 1 N–H and O–H groups in total. The number of nitrogens with one attached hydrogen (secondary N) is 1. The number of hydrogen-bond acceptors (Lipinski definition) is 3. The molecule has 0 unspecified atom stereocenters. The Bertz CT molecular complexity index is 419. The van der Waals surface area contributed by atoms with Gasteiger partial charge in [-0.25, -0.2) is 0 Å². The predicted octanol–water partition coefficient (Wildman–Crippen LogP) is 2.38. The first-order chi connectivity index (χ1) is 8.98. The van der Waals surface area contributed by atoms with Crippen molar-refractivity contribution < 1.29 is 17.9 Å². The molecule has 1 aliphatic heterocycles. The number of nitrogens with zero attached hydrogens (tertiary/aromatic N) is 1. The molecule has 1 aromatic carbocycles. The standard InChI is InChI=1S/C13H17F3N2O/c1-2-18(11-7-17-8-11)9-10-4-3-5-12(6-10)19-13(14,15)16/h3-6,11,17H,2,7-9H2,1H3. The van der Waals surface area contributed by atoms with Crippen LogP contribution >= 0.6 is 0 Å². The third kappa shape index (κ3) is 4.11. The highest BCUT2D eigenvalue weighted by Crippen LogP contribution is 2.24. The van der Waals surface area contributed by atoms with E-state index >= 15 is 0 Å². The lowest BCUT2D eigenvalue weighted by Gasteiger charge is -2.37. The van der Waals surface area contributed by atoms with Gasteiger partial charge in [0.05, 0.1) is 0 Å². The van der Waals surface area contributed by atoms with Crippen molar-refractivity contribution in [1.29, 1.82) is 0 Å². The van der Waals surface area contributed by atoms with Crippen molar-refractivity contribution in [1.82, 2.24) is 10.2 Å². The molecule has 0 aliphatic carbocycles. The van der Waals surface area contributed by atoms with Crippen LogP contribution in [0.15, 0.2) is 24.3 Å². The molecule has 2 rings (SSSR count). The Hall–Kier alpha value is -1.27. The van der Waals surface area contributed by atoms with E-state index in [2.05, 4.69) is 15.0 Å². The van der Waals surface area contributed by atoms with Crippen molar-refractivity contribution in [2.45, 2.75) is 25.9 Å². The average Bonchev–Trinajstić information content (AvgIpc) is 2.23. The second kappa shape index (κ2) is 5.79. The van der Waals surface area contributed by atoms with Gasteiger partial charge in [0.15, 0.2) is 0 Å². The molecule has 6 heteroatoms. The third-order valence-corrected chi connectivity index (χ3v) is 3.20. The summed E-state index contributed by atoms with van der Waals surface area (Å²) in [4.78, 5) is 2.24. The lowest BCUT2D eigenvalue weighted by atomic mass is 10.1. The number of halogens is 3. The molecular weight excluding hydrogens is 257 g/mol. The summed E-state index contributed by atoms with van der Waals surface area (Å²) in [5.74, 6) is -0.159. The van der Waals surface area contributed by atoms with Gasteiger partial charge in [0, 0.05) is 25.7 Å². The molecule has 1 aromatic rings. The van der Waals surface area contributed by atoms with Crippen LogP contribution in [0.25, 0.3) is 0 Å². The molecule has 19 heavy (non-hydrogen) atoms. The van der Waals surface area contributed by atoms with Crippen LogP contribution in [0.1, 0.15) is 12.5 Å². The summed E-state index contributed by atoms with van der Waals surface area (Å²) >= 11 is 0. The molecular formula is C13H17F3N2O. The van der Waals surface area contributed by atoms with Gasteiger partial charge >= 0.3 is 6.36 Å². The van der Waals surface area contributed by atoms with E-state index in [1.165, 1.54) is 12.1 Å². The quantitative estimate of drug-likeness (QED) is 0.892. The Labute approximate surface area is 110 Å². The lowest BCUT2D eigenvalue weighted by molar-refractivity contribution is -0.274. The molecule has 0 aromatic heterocycles. The van der Waals surface area contributed by atoms with Crippen LogP contribution < -0.4 is 10.1 Å². The molecule has 0 bridgehead atoms. The predicted molar refractivity (Wildman–Crippen MR) is 65.9 cm³/mol. The van der Waals surface area contributed by atoms with E-state index in [9.17, 15) is 13.2 Å². The smallest absolute Gasteiger partial charge is 0.406 e. The minimum absolute atomic E-state index is 0.159. The van der Waals surface area contributed by atoms with Crippen molar-refractivity contribution in [2.24, 2.45) is 0 Å². The molecule has 1 heterocycles. The van der Waals surface area contributed by atoms with Gasteiger partial charge < -0.3 is 10.1 Å². The van der Waals surface area contributed by atoms with Gasteiger partial charge in [-0.15, -0.1) is 13.2 Å². The fraction of sp³-hybridized carbons (Fsp3) is 0.538. The highest BCUT2D eigenvalue weighted by atomic mass is 19.4. The summed E-state index contributed by atoms with van der Waals surface area (Å²) in [5, 5.41) is 3.19. The van der Waals surface area contributed by atoms with E-state index in [1.807, 2.05) is 13.0 Å². The largest absolute Gasteiger partial charge is 0.573 e. The topological polar surface area (TPSA) is 24.5 Å². The van der Waals surface area contributed by atoms with Crippen molar-refractivity contribution in [3.8, 4) is 5.75 Å². The maximum absolute atomic E-state index is 12.2. The molecule has 0 radical (unpaired) electrons. The fourth-order valence-corrected chi connectivity index (χ4v) is 2.11. The fourth-order valence-electron chi connectivity index (χ4n) is 2.11. The maximum atomic E-state index is 12.2. The van der Waals surface area contributed by atoms with Crippen LogP contribution in [-0.2, 0) is 6.54 Å². The van der Waals surface area contributed by atoms with Crippen molar-refractivity contribution in [3.05, 3.63) is 29.8 Å². The summed E-state index contributed by atoms with van der Waals surface area (Å²) in [7, 11) is 0. The number of likely N-dealkylation sites (N-methyl/N-ethyl adjacent to an activating group) is 1. The van der Waals surface area contributed by atoms with Crippen LogP contribution in [0.2, 0.25) is 0 Å². The second-order valence-corrected chi connectivity index (χ2v) is 4.57. The van der Waals surface area contributed by atoms with Crippen LogP contribution in [0.4, 0.5) is 13.2 Å². The van der Waals surface area contributed by atoms with Crippen LogP contribution in [0.3, 0.4) is 0 Å². The number of alkyl halides is 3. The zero-order valence-electron chi connectivity index (χ0n) is 10.7. The minimum atomic E-state index is -4.64. The zero-order valence-corrected chi connectivity index (χ0v) is 10.7. The molecule has 1 aliphatic rings. The Morgan fingerprint density at radius 3 is 2.63 bits per heavy atom. The summed E-state index contributed by atoms with van der Waals surface area (Å²) in [6.45, 7) is 5.43. The molecule has 0 amide bonds. The Balaban J connectivity index is 2.01. The van der Waals surface area contributed by atoms with Gasteiger partial charge in [-0.05, 0) is 24.2 Å². The van der Waals surface area contributed by atoms with Gasteiger partial charge in [0.25, 0.3) is 0 Å². The zero-order chi connectivity index (χ0) is 13.9. The van der Waals surface area contributed by atoms with E-state index in [1.54, 1.807) is 6.07 Å². The average molecular weight is 274 g/mol. The SMILES string of the molecule is CCN(Cc1cccc(OC(F)(F)F)c1)C1CNC1. The van der Waals surface area contributed by atoms with Gasteiger partial charge in [-0.2, -0.15) is 0 Å². The summed E-state index contributed by atoms with van der Waals surface area (Å²) in [6, 6.07) is 6.64. The highest BCUT2D eigenvalue weighted by molar-refractivity contribution is 5.28. The van der Waals surface area contributed by atoms with Gasteiger partial charge in [0.1, 0.15) is 5.75 Å². The Morgan fingerprint density at radius 1 is 1.37 bits per heavy atom. The first-order valence-electron chi connectivity index (χ1n) is 6.27. The third-order valence-electron chi connectivity index (χ3n) is 3.20. The normalized spacial score (nSPS) is 16.5. The Morgan fingerprint density at radius 2 is 2.11 bits per heavy atom. The minimum Gasteiger partial charge on any atom is -0.406 e. The summed E-state index contributed by atoms with van der Waals surface area (Å²) in [5.41, 5.74) is 0.829. The number of rotatable bonds is 5. The molecule has 0 saturated carbocycles. The number of hydrogen-bond donors (Lipinski definition) is 1. The lowest BCUT2D eigenvalue weighted by Crippen LogP contribution is -2.56. The first-order valence-corrected chi connectivity index (χ1v) is 6.27. The van der Waals surface area contributed by atoms with Gasteiger partial charge in [-0.1, -0.05) is 19.1 Å². The van der Waals surface area contributed by atoms with Crippen molar-refractivity contribution in [2.75, 3.05) is 19.6 Å². The van der Waals surface area contributed by atoms with Crippen LogP contribution in [-0.4, -0.2) is 36.9 Å². The van der Waals surface area contributed by atoms with E-state index in [4.69, 9.17) is 0 Å². The van der Waals surface area contributed by atoms with Crippen LogP contribution in [0.5, 0.6) is 5.75 Å². The van der Waals surface area contributed by atoms with Crippen molar-refractivity contribution in [3.63, 3.8) is 0 Å².